The number of benzene rings is 2. The molecule has 6 N–H and O–H groups in total. The first-order valence-electron chi connectivity index (χ1n) is 23.0. The Labute approximate surface area is 384 Å². The van der Waals surface area contributed by atoms with Crippen LogP contribution in [-0.4, -0.2) is 69.5 Å². The quantitative estimate of drug-likeness (QED) is 0.0711. The molecule has 1 fully saturated rings. The number of carbonyl (C=O) groups excluding carboxylic acids is 5. The number of nitrogens with one attached hydrogen (secondary N) is 4. The summed E-state index contributed by atoms with van der Waals surface area (Å²) in [4.78, 5) is 73.0. The molecule has 5 rings (SSSR count). The van der Waals surface area contributed by atoms with E-state index >= 15 is 4.79 Å². The first-order valence-corrected chi connectivity index (χ1v) is 24.7. The molecule has 1 aliphatic carbocycles. The molecule has 0 saturated heterocycles. The average molecular weight is 918 g/mol. The number of allylic oxidation sites excluding steroid dienone is 2. The van der Waals surface area contributed by atoms with Crippen LogP contribution in [0.1, 0.15) is 142 Å². The Hall–Kier alpha value is -4.78. The summed E-state index contributed by atoms with van der Waals surface area (Å²) in [6.45, 7) is 18.5. The zero-order valence-corrected chi connectivity index (χ0v) is 41.0. The first kappa shape index (κ1) is 51.2. The molecule has 1 saturated carbocycles. The Kier molecular flexibility index (Phi) is 16.4. The van der Waals surface area contributed by atoms with Crippen LogP contribution in [0.4, 0.5) is 0 Å². The van der Waals surface area contributed by atoms with Gasteiger partial charge in [0.05, 0.1) is 36.1 Å². The normalized spacial score (nSPS) is 21.8. The zero-order chi connectivity index (χ0) is 48.0. The van der Waals surface area contributed by atoms with Crippen molar-refractivity contribution in [2.24, 2.45) is 17.6 Å². The highest BCUT2D eigenvalue weighted by molar-refractivity contribution is 7.53. The molecular formula is C50H72N5O9P. The van der Waals surface area contributed by atoms with Gasteiger partial charge in [-0.25, -0.2) is 0 Å². The number of amides is 4. The minimum absolute atomic E-state index is 0.000705. The van der Waals surface area contributed by atoms with Gasteiger partial charge in [0.2, 0.25) is 23.6 Å². The van der Waals surface area contributed by atoms with Crippen molar-refractivity contribution in [2.75, 3.05) is 6.54 Å². The van der Waals surface area contributed by atoms with E-state index in [4.69, 9.17) is 19.5 Å². The Morgan fingerprint density at radius 1 is 0.846 bits per heavy atom. The van der Waals surface area contributed by atoms with E-state index in [1.807, 2.05) is 103 Å². The van der Waals surface area contributed by atoms with Crippen LogP contribution >= 0.6 is 7.60 Å². The van der Waals surface area contributed by atoms with Crippen molar-refractivity contribution >= 4 is 48.1 Å². The topological polar surface area (TPSA) is 208 Å². The third-order valence-electron chi connectivity index (χ3n) is 11.5. The fourth-order valence-corrected chi connectivity index (χ4v) is 11.3. The number of rotatable bonds is 11. The van der Waals surface area contributed by atoms with Gasteiger partial charge in [-0.2, -0.15) is 0 Å². The summed E-state index contributed by atoms with van der Waals surface area (Å²) in [6.07, 6.45) is 8.77. The highest BCUT2D eigenvalue weighted by Gasteiger charge is 2.45. The van der Waals surface area contributed by atoms with Gasteiger partial charge in [0.1, 0.15) is 17.2 Å². The van der Waals surface area contributed by atoms with Crippen LogP contribution in [0.5, 0.6) is 0 Å². The van der Waals surface area contributed by atoms with E-state index < -0.39 is 83.8 Å². The standard InChI is InChI=1S/C50H72N5O9P/c1-32-17-22-40-38(25-32)36(30-52-40)26-34-15-14-16-37(35-20-18-33(19-21-35)31-65(61,63-48(5,6)7)64-49(8,9)10)39(27-43(57)62-47(2,3)4)44(58)55-50(23-12-11-13-24-50)46(60)54-41(28-42(51)56)45(59)53-29-34/h14,16-22,25,30,34,37,39,41,52H,11-13,15,23-24,26-29,31H2,1-10H3,(H2,51,56)(H,53,59)(H,54,60)(H,55,58)/t34-,37+,39+,41+/m1/s1. The number of ether oxygens (including phenoxy) is 1. The van der Waals surface area contributed by atoms with Crippen LogP contribution in [-0.2, 0) is 54.9 Å². The number of H-pyrrole nitrogens is 1. The molecule has 0 unspecified atom stereocenters. The summed E-state index contributed by atoms with van der Waals surface area (Å²) in [5, 5.41) is 9.96. The minimum Gasteiger partial charge on any atom is -0.460 e. The fourth-order valence-electron chi connectivity index (χ4n) is 8.81. The second-order valence-corrected chi connectivity index (χ2v) is 22.9. The number of hydrogen-bond donors (Lipinski definition) is 5. The Morgan fingerprint density at radius 2 is 1.49 bits per heavy atom. The van der Waals surface area contributed by atoms with Crippen molar-refractivity contribution in [3.05, 3.63) is 83.1 Å². The van der Waals surface area contributed by atoms with Crippen molar-refractivity contribution in [3.8, 4) is 0 Å². The number of fused-ring (bicyclic) bond motifs is 1. The predicted octanol–water partition coefficient (Wildman–Crippen LogP) is 8.35. The van der Waals surface area contributed by atoms with Crippen LogP contribution in [0, 0.1) is 18.8 Å². The number of nitrogens with two attached hydrogens (primary N) is 1. The van der Waals surface area contributed by atoms with E-state index in [2.05, 4.69) is 27.0 Å². The maximum absolute atomic E-state index is 15.1. The van der Waals surface area contributed by atoms with Crippen LogP contribution < -0.4 is 21.7 Å². The molecule has 0 bridgehead atoms. The Balaban J connectivity index is 1.63. The lowest BCUT2D eigenvalue weighted by molar-refractivity contribution is -0.157. The minimum atomic E-state index is -3.66. The van der Waals surface area contributed by atoms with Crippen LogP contribution in [0.3, 0.4) is 0 Å². The molecule has 1 aromatic heterocycles. The number of aromatic amines is 1. The van der Waals surface area contributed by atoms with Gasteiger partial charge in [-0.3, -0.25) is 28.5 Å². The summed E-state index contributed by atoms with van der Waals surface area (Å²) in [5.41, 5.74) is 6.37. The molecule has 15 heteroatoms. The molecule has 0 radical (unpaired) electrons. The lowest BCUT2D eigenvalue weighted by Crippen LogP contribution is -2.64. The number of primary amides is 1. The Morgan fingerprint density at radius 3 is 2.09 bits per heavy atom. The molecule has 356 valence electrons. The highest BCUT2D eigenvalue weighted by Crippen LogP contribution is 2.57. The molecule has 1 aliphatic heterocycles. The number of carbonyl (C=O) groups is 5. The summed E-state index contributed by atoms with van der Waals surface area (Å²) < 4.78 is 32.3. The summed E-state index contributed by atoms with van der Waals surface area (Å²) in [7, 11) is -3.66. The second kappa shape index (κ2) is 20.8. The van der Waals surface area contributed by atoms with Gasteiger partial charge in [0, 0.05) is 29.6 Å². The van der Waals surface area contributed by atoms with E-state index in [1.54, 1.807) is 20.8 Å². The molecule has 2 heterocycles. The summed E-state index contributed by atoms with van der Waals surface area (Å²) >= 11 is 0. The lowest BCUT2D eigenvalue weighted by Gasteiger charge is -2.39. The van der Waals surface area contributed by atoms with Gasteiger partial charge in [0.25, 0.3) is 0 Å². The lowest BCUT2D eigenvalue weighted by atomic mass is 9.78. The molecule has 1 spiro atoms. The number of aryl methyl sites for hydroxylation is 1. The van der Waals surface area contributed by atoms with E-state index in [0.29, 0.717) is 36.8 Å². The third-order valence-corrected chi connectivity index (χ3v) is 13.9. The maximum Gasteiger partial charge on any atom is 0.336 e. The first-order chi connectivity index (χ1) is 30.2. The predicted molar refractivity (Wildman–Crippen MR) is 253 cm³/mol. The van der Waals surface area contributed by atoms with Gasteiger partial charge in [-0.05, 0) is 130 Å². The molecule has 3 aromatic rings. The van der Waals surface area contributed by atoms with E-state index in [0.717, 1.165) is 28.5 Å². The van der Waals surface area contributed by atoms with Crippen molar-refractivity contribution in [3.63, 3.8) is 0 Å². The van der Waals surface area contributed by atoms with Crippen LogP contribution in [0.15, 0.2) is 60.8 Å². The van der Waals surface area contributed by atoms with Gasteiger partial charge >= 0.3 is 13.6 Å². The third kappa shape index (κ3) is 15.1. The van der Waals surface area contributed by atoms with E-state index in [9.17, 15) is 23.7 Å². The molecule has 65 heavy (non-hydrogen) atoms. The second-order valence-electron chi connectivity index (χ2n) is 21.0. The fraction of sp³-hybridized carbons (Fsp3) is 0.580. The number of hydrogen-bond acceptors (Lipinski definition) is 9. The molecule has 2 aromatic carbocycles. The smallest absolute Gasteiger partial charge is 0.336 e. The summed E-state index contributed by atoms with van der Waals surface area (Å²) in [6, 6.07) is 12.3. The van der Waals surface area contributed by atoms with Crippen molar-refractivity contribution in [2.45, 2.75) is 167 Å². The van der Waals surface area contributed by atoms with E-state index in [-0.39, 0.29) is 37.9 Å². The maximum atomic E-state index is 15.1. The van der Waals surface area contributed by atoms with Gasteiger partial charge in [0.15, 0.2) is 0 Å². The van der Waals surface area contributed by atoms with Crippen molar-refractivity contribution < 1.29 is 42.3 Å². The largest absolute Gasteiger partial charge is 0.460 e. The molecular weight excluding hydrogens is 846 g/mol. The molecule has 2 aliphatic rings. The Bertz CT molecular complexity index is 2240. The van der Waals surface area contributed by atoms with Crippen molar-refractivity contribution in [1.82, 2.24) is 20.9 Å². The van der Waals surface area contributed by atoms with Crippen LogP contribution in [0.2, 0.25) is 0 Å². The van der Waals surface area contributed by atoms with Gasteiger partial charge in [-0.15, -0.1) is 0 Å². The van der Waals surface area contributed by atoms with Gasteiger partial charge < -0.3 is 40.5 Å². The molecule has 4 atom stereocenters. The van der Waals surface area contributed by atoms with Crippen molar-refractivity contribution in [1.29, 1.82) is 0 Å². The number of aromatic nitrogens is 1. The molecule has 4 amide bonds. The van der Waals surface area contributed by atoms with Gasteiger partial charge in [-0.1, -0.05) is 67.3 Å². The highest BCUT2D eigenvalue weighted by atomic mass is 31.2. The zero-order valence-electron chi connectivity index (χ0n) is 40.1. The SMILES string of the molecule is Cc1ccc2[nH]cc(C[C@H]3CC=C[C@@H](c4ccc(CP(=O)(OC(C)(C)C)OC(C)(C)C)cc4)[C@H](CC(=O)OC(C)(C)C)C(=O)NC4(CCCCC4)C(=O)N[C@@H](CC(N)=O)C(=O)NC3)c2c1. The van der Waals surface area contributed by atoms with E-state index in [1.165, 1.54) is 0 Å². The number of esters is 1. The van der Waals surface area contributed by atoms with Crippen LogP contribution in [0.25, 0.3) is 10.9 Å². The summed E-state index contributed by atoms with van der Waals surface area (Å²) in [5.74, 6) is -4.99. The average Bonchev–Trinajstić information content (AvgIpc) is 3.56. The monoisotopic (exact) mass is 918 g/mol. The molecule has 14 nitrogen and oxygen atoms in total.